The molecule has 0 atom stereocenters. The van der Waals surface area contributed by atoms with Crippen molar-refractivity contribution in [3.05, 3.63) is 111 Å². The van der Waals surface area contributed by atoms with E-state index in [1.54, 1.807) is 34.5 Å². The van der Waals surface area contributed by atoms with Gasteiger partial charge in [0, 0.05) is 11.8 Å². The van der Waals surface area contributed by atoms with Crippen molar-refractivity contribution in [2.75, 3.05) is 7.11 Å². The summed E-state index contributed by atoms with van der Waals surface area (Å²) in [6, 6.07) is 18.4. The first kappa shape index (κ1) is 24.8. The summed E-state index contributed by atoms with van der Waals surface area (Å²) in [5, 5.41) is 25.3. The Balaban J connectivity index is 1.46. The summed E-state index contributed by atoms with van der Waals surface area (Å²) in [4.78, 5) is 25.7. The van der Waals surface area contributed by atoms with E-state index >= 15 is 0 Å². The van der Waals surface area contributed by atoms with Gasteiger partial charge >= 0.3 is 5.97 Å². The number of pyridine rings is 1. The fourth-order valence-electron chi connectivity index (χ4n) is 4.23. The van der Waals surface area contributed by atoms with E-state index in [2.05, 4.69) is 11.2 Å². The summed E-state index contributed by atoms with van der Waals surface area (Å²) in [6.07, 6.45) is 3.49. The number of hydrogen-bond acceptors (Lipinski definition) is 7. The SMILES string of the molecule is COc1cc(Cn2cc(Cn3c(=O)c(OCc4ccccc4)c(C(=O)O)c4sccc43)cn2)ccc1C#N. The predicted octanol–water partition coefficient (Wildman–Crippen LogP) is 4.51. The van der Waals surface area contributed by atoms with E-state index in [0.717, 1.165) is 16.7 Å². The van der Waals surface area contributed by atoms with Gasteiger partial charge in [0.1, 0.15) is 24.0 Å². The molecule has 38 heavy (non-hydrogen) atoms. The van der Waals surface area contributed by atoms with Crippen LogP contribution in [0.2, 0.25) is 0 Å². The lowest BCUT2D eigenvalue weighted by atomic mass is 10.1. The molecule has 0 fully saturated rings. The molecule has 2 aromatic carbocycles. The van der Waals surface area contributed by atoms with Crippen molar-refractivity contribution in [2.45, 2.75) is 19.7 Å². The highest BCUT2D eigenvalue weighted by molar-refractivity contribution is 7.17. The Bertz CT molecular complexity index is 1730. The lowest BCUT2D eigenvalue weighted by Gasteiger charge is -2.14. The fraction of sp³-hybridized carbons (Fsp3) is 0.143. The smallest absolute Gasteiger partial charge is 0.341 e. The number of hydrogen-bond donors (Lipinski definition) is 1. The molecule has 0 unspecified atom stereocenters. The molecule has 0 amide bonds. The van der Waals surface area contributed by atoms with Crippen molar-refractivity contribution in [1.82, 2.24) is 14.3 Å². The normalized spacial score (nSPS) is 10.8. The van der Waals surface area contributed by atoms with Gasteiger partial charge in [0.25, 0.3) is 5.56 Å². The van der Waals surface area contributed by atoms with Crippen molar-refractivity contribution in [3.63, 3.8) is 0 Å². The van der Waals surface area contributed by atoms with Gasteiger partial charge in [-0.05, 0) is 34.7 Å². The third-order valence-electron chi connectivity index (χ3n) is 6.03. The topological polar surface area (TPSA) is 119 Å². The molecule has 0 bridgehead atoms. The second kappa shape index (κ2) is 10.6. The third kappa shape index (κ3) is 4.87. The van der Waals surface area contributed by atoms with Gasteiger partial charge in [-0.15, -0.1) is 11.3 Å². The Hall–Kier alpha value is -4.88. The molecular formula is C28H22N4O5S. The van der Waals surface area contributed by atoms with Crippen LogP contribution in [0.1, 0.15) is 32.6 Å². The van der Waals surface area contributed by atoms with Crippen LogP contribution in [-0.4, -0.2) is 32.5 Å². The third-order valence-corrected chi connectivity index (χ3v) is 6.95. The van der Waals surface area contributed by atoms with Gasteiger partial charge in [-0.1, -0.05) is 36.4 Å². The molecule has 5 aromatic rings. The van der Waals surface area contributed by atoms with Crippen LogP contribution in [0.25, 0.3) is 10.2 Å². The fourth-order valence-corrected chi connectivity index (χ4v) is 5.16. The minimum Gasteiger partial charge on any atom is -0.495 e. The van der Waals surface area contributed by atoms with Crippen molar-refractivity contribution in [1.29, 1.82) is 5.26 Å². The molecular weight excluding hydrogens is 504 g/mol. The van der Waals surface area contributed by atoms with E-state index in [1.165, 1.54) is 23.0 Å². The second-order valence-electron chi connectivity index (χ2n) is 8.50. The van der Waals surface area contributed by atoms with Gasteiger partial charge in [0.05, 0.1) is 42.2 Å². The number of rotatable bonds is 9. The minimum atomic E-state index is -1.21. The molecule has 5 rings (SSSR count). The highest BCUT2D eigenvalue weighted by Gasteiger charge is 2.24. The summed E-state index contributed by atoms with van der Waals surface area (Å²) in [6.45, 7) is 0.692. The van der Waals surface area contributed by atoms with Gasteiger partial charge in [0.15, 0.2) is 0 Å². The number of aromatic carboxylic acids is 1. The number of nitriles is 1. The Kier molecular flexibility index (Phi) is 6.93. The number of benzene rings is 2. The second-order valence-corrected chi connectivity index (χ2v) is 9.42. The van der Waals surface area contributed by atoms with Gasteiger partial charge in [-0.3, -0.25) is 14.0 Å². The van der Waals surface area contributed by atoms with E-state index < -0.39 is 11.5 Å². The molecule has 0 aliphatic carbocycles. The molecule has 1 N–H and O–H groups in total. The summed E-state index contributed by atoms with van der Waals surface area (Å²) in [5.74, 6) is -0.908. The monoisotopic (exact) mass is 526 g/mol. The molecule has 190 valence electrons. The average molecular weight is 527 g/mol. The predicted molar refractivity (Wildman–Crippen MR) is 142 cm³/mol. The summed E-state index contributed by atoms with van der Waals surface area (Å²) in [7, 11) is 1.52. The summed E-state index contributed by atoms with van der Waals surface area (Å²) >= 11 is 1.25. The summed E-state index contributed by atoms with van der Waals surface area (Å²) < 4.78 is 14.8. The van der Waals surface area contributed by atoms with Crippen LogP contribution in [0.4, 0.5) is 0 Å². The molecule has 0 radical (unpaired) electrons. The summed E-state index contributed by atoms with van der Waals surface area (Å²) in [5.41, 5.74) is 2.81. The minimum absolute atomic E-state index is 0.0687. The molecule has 10 heteroatoms. The maximum atomic E-state index is 13.6. The lowest BCUT2D eigenvalue weighted by molar-refractivity contribution is 0.0693. The number of nitrogens with zero attached hydrogens (tertiary/aromatic N) is 4. The number of thiophene rings is 1. The highest BCUT2D eigenvalue weighted by atomic mass is 32.1. The van der Waals surface area contributed by atoms with Gasteiger partial charge in [0.2, 0.25) is 5.75 Å². The molecule has 3 heterocycles. The van der Waals surface area contributed by atoms with Crippen LogP contribution in [-0.2, 0) is 19.7 Å². The van der Waals surface area contributed by atoms with Crippen LogP contribution < -0.4 is 15.0 Å². The largest absolute Gasteiger partial charge is 0.495 e. The van der Waals surface area contributed by atoms with Crippen molar-refractivity contribution >= 4 is 27.5 Å². The van der Waals surface area contributed by atoms with Crippen LogP contribution in [0.3, 0.4) is 0 Å². The first-order chi connectivity index (χ1) is 18.5. The first-order valence-corrected chi connectivity index (χ1v) is 12.5. The zero-order valence-electron chi connectivity index (χ0n) is 20.3. The van der Waals surface area contributed by atoms with E-state index in [9.17, 15) is 20.0 Å². The molecule has 0 aliphatic heterocycles. The lowest BCUT2D eigenvalue weighted by Crippen LogP contribution is -2.25. The van der Waals surface area contributed by atoms with Gasteiger partial charge in [-0.2, -0.15) is 10.4 Å². The Morgan fingerprint density at radius 2 is 1.92 bits per heavy atom. The van der Waals surface area contributed by atoms with Crippen molar-refractivity contribution < 1.29 is 19.4 Å². The Morgan fingerprint density at radius 1 is 1.11 bits per heavy atom. The van der Waals surface area contributed by atoms with Crippen molar-refractivity contribution in [3.8, 4) is 17.6 Å². The maximum Gasteiger partial charge on any atom is 0.341 e. The van der Waals surface area contributed by atoms with Crippen molar-refractivity contribution in [2.24, 2.45) is 0 Å². The number of aromatic nitrogens is 3. The van der Waals surface area contributed by atoms with E-state index in [1.807, 2.05) is 42.6 Å². The number of carboxylic acid groups (broad SMARTS) is 1. The number of ether oxygens (including phenoxy) is 2. The van der Waals surface area contributed by atoms with Crippen LogP contribution in [0, 0.1) is 11.3 Å². The molecule has 3 aromatic heterocycles. The maximum absolute atomic E-state index is 13.6. The number of carbonyl (C=O) groups is 1. The Labute approximate surface area is 221 Å². The van der Waals surface area contributed by atoms with Gasteiger partial charge in [-0.25, -0.2) is 4.79 Å². The highest BCUT2D eigenvalue weighted by Crippen LogP contribution is 2.30. The molecule has 0 saturated carbocycles. The zero-order valence-corrected chi connectivity index (χ0v) is 21.1. The van der Waals surface area contributed by atoms with Crippen LogP contribution >= 0.6 is 11.3 Å². The van der Waals surface area contributed by atoms with E-state index in [-0.39, 0.29) is 24.5 Å². The standard InChI is InChI=1S/C28H22N4O5S/c1-36-23-11-19(7-8-21(23)12-29)14-31-15-20(13-30-31)16-32-22-9-10-38-26(22)24(28(34)35)25(27(32)33)37-17-18-5-3-2-4-6-18/h2-11,13,15H,14,16-17H2,1H3,(H,34,35). The zero-order chi connectivity index (χ0) is 26.6. The van der Waals surface area contributed by atoms with Gasteiger partial charge < -0.3 is 14.6 Å². The number of carboxylic acids is 1. The van der Waals surface area contributed by atoms with E-state index in [0.29, 0.717) is 28.1 Å². The average Bonchev–Trinajstić information content (AvgIpc) is 3.59. The molecule has 9 nitrogen and oxygen atoms in total. The number of fused-ring (bicyclic) bond motifs is 1. The quantitative estimate of drug-likeness (QED) is 0.300. The first-order valence-electron chi connectivity index (χ1n) is 11.6. The number of methoxy groups -OCH3 is 1. The van der Waals surface area contributed by atoms with Crippen LogP contribution in [0.15, 0.2) is 77.2 Å². The molecule has 0 spiro atoms. The molecule has 0 aliphatic rings. The molecule has 0 saturated heterocycles. The van der Waals surface area contributed by atoms with Crippen LogP contribution in [0.5, 0.6) is 11.5 Å². The van der Waals surface area contributed by atoms with E-state index in [4.69, 9.17) is 9.47 Å². The Morgan fingerprint density at radius 3 is 2.66 bits per heavy atom.